The fraction of sp³-hybridized carbons (Fsp3) is 0.938. The molecule has 0 rings (SSSR count). The minimum Gasteiger partial charge on any atom is -0.330 e. The van der Waals surface area contributed by atoms with Gasteiger partial charge in [0.15, 0.2) is 0 Å². The van der Waals surface area contributed by atoms with Crippen LogP contribution >= 0.6 is 0 Å². The van der Waals surface area contributed by atoms with Gasteiger partial charge in [-0.2, -0.15) is 0 Å². The highest BCUT2D eigenvalue weighted by atomic mass is 16.1. The van der Waals surface area contributed by atoms with Gasteiger partial charge in [-0.3, -0.25) is 4.79 Å². The molecule has 0 spiro atoms. The van der Waals surface area contributed by atoms with E-state index in [1.807, 2.05) is 0 Å². The van der Waals surface area contributed by atoms with E-state index in [-0.39, 0.29) is 0 Å². The van der Waals surface area contributed by atoms with Crippen molar-refractivity contribution in [2.24, 2.45) is 17.6 Å². The fourth-order valence-corrected chi connectivity index (χ4v) is 2.42. The maximum absolute atomic E-state index is 11.8. The second kappa shape index (κ2) is 11.7. The molecule has 0 saturated heterocycles. The van der Waals surface area contributed by atoms with E-state index < -0.39 is 0 Å². The first kappa shape index (κ1) is 17.6. The molecule has 0 aromatic carbocycles. The van der Waals surface area contributed by atoms with Crippen LogP contribution in [0, 0.1) is 11.8 Å². The predicted molar refractivity (Wildman–Crippen MR) is 79.6 cm³/mol. The summed E-state index contributed by atoms with van der Waals surface area (Å²) in [5, 5.41) is 0. The maximum atomic E-state index is 11.8. The van der Waals surface area contributed by atoms with E-state index in [9.17, 15) is 4.79 Å². The Morgan fingerprint density at radius 3 is 2.22 bits per heavy atom. The first-order valence-electron chi connectivity index (χ1n) is 7.83. The summed E-state index contributed by atoms with van der Waals surface area (Å²) in [5.74, 6) is 1.72. The third-order valence-electron chi connectivity index (χ3n) is 3.83. The van der Waals surface area contributed by atoms with Crippen molar-refractivity contribution in [2.45, 2.75) is 78.6 Å². The summed E-state index contributed by atoms with van der Waals surface area (Å²) < 4.78 is 0. The van der Waals surface area contributed by atoms with Crippen molar-refractivity contribution in [3.05, 3.63) is 0 Å². The van der Waals surface area contributed by atoms with Crippen molar-refractivity contribution in [1.29, 1.82) is 0 Å². The maximum Gasteiger partial charge on any atom is 0.132 e. The van der Waals surface area contributed by atoms with Crippen LogP contribution in [-0.2, 0) is 4.79 Å². The summed E-state index contributed by atoms with van der Waals surface area (Å²) in [6, 6.07) is 0. The molecule has 0 amide bonds. The summed E-state index contributed by atoms with van der Waals surface area (Å²) in [7, 11) is 0. The Hall–Kier alpha value is -0.370. The van der Waals surface area contributed by atoms with Crippen LogP contribution in [0.1, 0.15) is 78.6 Å². The molecule has 0 aliphatic carbocycles. The molecule has 0 aromatic heterocycles. The molecule has 0 fully saturated rings. The number of Topliss-reactive ketones (excluding diaryl/α,β-unsaturated/α-hetero) is 1. The number of hydrogen-bond acceptors (Lipinski definition) is 2. The van der Waals surface area contributed by atoms with Crippen LogP contribution in [0.3, 0.4) is 0 Å². The molecule has 1 unspecified atom stereocenters. The molecular formula is C16H33NO. The molecule has 0 aliphatic rings. The van der Waals surface area contributed by atoms with E-state index >= 15 is 0 Å². The van der Waals surface area contributed by atoms with E-state index in [4.69, 9.17) is 5.73 Å². The average molecular weight is 255 g/mol. The van der Waals surface area contributed by atoms with Gasteiger partial charge in [0.25, 0.3) is 0 Å². The Kier molecular flexibility index (Phi) is 11.5. The molecule has 0 radical (unpaired) electrons. The van der Waals surface area contributed by atoms with E-state index in [1.54, 1.807) is 0 Å². The van der Waals surface area contributed by atoms with Crippen molar-refractivity contribution < 1.29 is 4.79 Å². The minimum atomic E-state index is 0.453. The number of ketones is 1. The molecule has 2 N–H and O–H groups in total. The minimum absolute atomic E-state index is 0.453. The zero-order valence-corrected chi connectivity index (χ0v) is 12.7. The predicted octanol–water partition coefficient (Wildman–Crippen LogP) is 4.32. The number of carbonyl (C=O) groups excluding carboxylic acids is 1. The summed E-state index contributed by atoms with van der Waals surface area (Å²) in [6.07, 6.45) is 9.80. The second-order valence-electron chi connectivity index (χ2n) is 5.82. The van der Waals surface area contributed by atoms with Gasteiger partial charge in [0.2, 0.25) is 0 Å². The van der Waals surface area contributed by atoms with Gasteiger partial charge in [0, 0.05) is 12.8 Å². The molecular weight excluding hydrogens is 222 g/mol. The van der Waals surface area contributed by atoms with Crippen molar-refractivity contribution >= 4 is 5.78 Å². The van der Waals surface area contributed by atoms with Crippen LogP contribution in [0.25, 0.3) is 0 Å². The van der Waals surface area contributed by atoms with Crippen LogP contribution in [0.5, 0.6) is 0 Å². The molecule has 0 heterocycles. The van der Waals surface area contributed by atoms with Crippen molar-refractivity contribution in [3.63, 3.8) is 0 Å². The van der Waals surface area contributed by atoms with Gasteiger partial charge >= 0.3 is 0 Å². The van der Waals surface area contributed by atoms with Crippen LogP contribution in [0.2, 0.25) is 0 Å². The number of carbonyl (C=O) groups is 1. The molecule has 0 bridgehead atoms. The lowest BCUT2D eigenvalue weighted by molar-refractivity contribution is -0.119. The lowest BCUT2D eigenvalue weighted by atomic mass is 9.87. The number of nitrogens with two attached hydrogens (primary N) is 1. The van der Waals surface area contributed by atoms with Gasteiger partial charge < -0.3 is 5.73 Å². The highest BCUT2D eigenvalue weighted by Gasteiger charge is 2.14. The van der Waals surface area contributed by atoms with E-state index in [0.717, 1.165) is 38.6 Å². The first-order valence-corrected chi connectivity index (χ1v) is 7.83. The topological polar surface area (TPSA) is 43.1 Å². The zero-order valence-electron chi connectivity index (χ0n) is 12.7. The molecule has 0 aliphatic heterocycles. The average Bonchev–Trinajstić information content (AvgIpc) is 2.33. The molecule has 0 saturated carbocycles. The summed E-state index contributed by atoms with van der Waals surface area (Å²) >= 11 is 0. The van der Waals surface area contributed by atoms with Gasteiger partial charge in [-0.05, 0) is 37.6 Å². The number of hydrogen-bond donors (Lipinski definition) is 1. The first-order chi connectivity index (χ1) is 8.61. The lowest BCUT2D eigenvalue weighted by Gasteiger charge is -2.19. The van der Waals surface area contributed by atoms with E-state index in [1.165, 1.54) is 25.7 Å². The van der Waals surface area contributed by atoms with Crippen molar-refractivity contribution in [1.82, 2.24) is 0 Å². The molecule has 1 atom stereocenters. The summed E-state index contributed by atoms with van der Waals surface area (Å²) in [6.45, 7) is 7.42. The van der Waals surface area contributed by atoms with Crippen molar-refractivity contribution in [3.8, 4) is 0 Å². The smallest absolute Gasteiger partial charge is 0.132 e. The summed E-state index contributed by atoms with van der Waals surface area (Å²) in [5.41, 5.74) is 5.62. The molecule has 2 heteroatoms. The third kappa shape index (κ3) is 9.64. The van der Waals surface area contributed by atoms with E-state index in [0.29, 0.717) is 17.6 Å². The fourth-order valence-electron chi connectivity index (χ4n) is 2.42. The normalized spacial score (nSPS) is 12.9. The van der Waals surface area contributed by atoms with E-state index in [2.05, 4.69) is 20.8 Å². The highest BCUT2D eigenvalue weighted by molar-refractivity contribution is 5.78. The van der Waals surface area contributed by atoms with Gasteiger partial charge in [0.1, 0.15) is 5.78 Å². The third-order valence-corrected chi connectivity index (χ3v) is 3.83. The largest absolute Gasteiger partial charge is 0.330 e. The van der Waals surface area contributed by atoms with Crippen LogP contribution in [0.4, 0.5) is 0 Å². The van der Waals surface area contributed by atoms with Crippen LogP contribution in [-0.4, -0.2) is 12.3 Å². The monoisotopic (exact) mass is 255 g/mol. The summed E-state index contributed by atoms with van der Waals surface area (Å²) in [4.78, 5) is 11.8. The highest BCUT2D eigenvalue weighted by Crippen LogP contribution is 2.21. The molecule has 2 nitrogen and oxygen atoms in total. The van der Waals surface area contributed by atoms with Crippen molar-refractivity contribution in [2.75, 3.05) is 6.54 Å². The number of rotatable bonds is 12. The zero-order chi connectivity index (χ0) is 13.8. The van der Waals surface area contributed by atoms with Gasteiger partial charge in [-0.1, -0.05) is 46.5 Å². The van der Waals surface area contributed by atoms with Crippen LogP contribution in [0.15, 0.2) is 0 Å². The standard InChI is InChI=1S/C16H33NO/c1-4-5-6-7-8-9-16(18)11-10-15(12-13-17)14(2)3/h14-15H,4-13,17H2,1-3H3. The quantitative estimate of drug-likeness (QED) is 0.528. The molecule has 0 aromatic rings. The molecule has 18 heavy (non-hydrogen) atoms. The Morgan fingerprint density at radius 1 is 1.00 bits per heavy atom. The Bertz CT molecular complexity index is 201. The second-order valence-corrected chi connectivity index (χ2v) is 5.82. The molecule has 108 valence electrons. The Labute approximate surface area is 114 Å². The SMILES string of the molecule is CCCCCCCC(=O)CCC(CCN)C(C)C. The Morgan fingerprint density at radius 2 is 1.67 bits per heavy atom. The lowest BCUT2D eigenvalue weighted by Crippen LogP contribution is -2.15. The van der Waals surface area contributed by atoms with Crippen LogP contribution < -0.4 is 5.73 Å². The van der Waals surface area contributed by atoms with Gasteiger partial charge in [0.05, 0.1) is 0 Å². The Balaban J connectivity index is 3.61. The van der Waals surface area contributed by atoms with Gasteiger partial charge in [-0.25, -0.2) is 0 Å². The number of unbranched alkanes of at least 4 members (excludes halogenated alkanes) is 4. The van der Waals surface area contributed by atoms with Gasteiger partial charge in [-0.15, -0.1) is 0 Å².